The van der Waals surface area contributed by atoms with Gasteiger partial charge in [0.25, 0.3) is 0 Å². The number of nitrogens with two attached hydrogens (primary N) is 2. The van der Waals surface area contributed by atoms with Crippen molar-refractivity contribution >= 4 is 29.1 Å². The fourth-order valence-corrected chi connectivity index (χ4v) is 1.80. The summed E-state index contributed by atoms with van der Waals surface area (Å²) in [5, 5.41) is 2.86. The van der Waals surface area contributed by atoms with Crippen LogP contribution in [0.1, 0.15) is 30.6 Å². The van der Waals surface area contributed by atoms with Gasteiger partial charge in [0.1, 0.15) is 0 Å². The predicted octanol–water partition coefficient (Wildman–Crippen LogP) is 1.75. The van der Waals surface area contributed by atoms with Crippen LogP contribution in [0.4, 0.5) is 5.69 Å². The second kappa shape index (κ2) is 6.54. The van der Waals surface area contributed by atoms with Crippen molar-refractivity contribution in [1.82, 2.24) is 0 Å². The van der Waals surface area contributed by atoms with E-state index in [-0.39, 0.29) is 22.4 Å². The van der Waals surface area contributed by atoms with Gasteiger partial charge < -0.3 is 16.8 Å². The van der Waals surface area contributed by atoms with Crippen molar-refractivity contribution in [3.63, 3.8) is 0 Å². The second-order valence-electron chi connectivity index (χ2n) is 4.46. The number of hydrogen-bond acceptors (Lipinski definition) is 3. The standard InChI is InChI=1S/C13H18ClN3O2/c1-3-7(2)11(15)13(19)17-8-4-5-9(12(16)18)10(14)6-8/h4-7,11H,3,15H2,1-2H3,(H2,16,18)(H,17,19)/t7-,11-/m0/s1. The number of benzene rings is 1. The Hall–Kier alpha value is -1.59. The van der Waals surface area contributed by atoms with Gasteiger partial charge in [-0.3, -0.25) is 9.59 Å². The van der Waals surface area contributed by atoms with Gasteiger partial charge >= 0.3 is 0 Å². The minimum absolute atomic E-state index is 0.0837. The molecule has 5 N–H and O–H groups in total. The Morgan fingerprint density at radius 3 is 2.53 bits per heavy atom. The summed E-state index contributed by atoms with van der Waals surface area (Å²) >= 11 is 5.89. The number of hydrogen-bond donors (Lipinski definition) is 3. The average Bonchev–Trinajstić information content (AvgIpc) is 2.36. The first-order valence-electron chi connectivity index (χ1n) is 6.02. The lowest BCUT2D eigenvalue weighted by atomic mass is 9.99. The highest BCUT2D eigenvalue weighted by atomic mass is 35.5. The molecule has 5 nitrogen and oxygen atoms in total. The summed E-state index contributed by atoms with van der Waals surface area (Å²) in [6.07, 6.45) is 0.815. The maximum atomic E-state index is 11.9. The second-order valence-corrected chi connectivity index (χ2v) is 4.87. The maximum absolute atomic E-state index is 11.9. The highest BCUT2D eigenvalue weighted by molar-refractivity contribution is 6.34. The quantitative estimate of drug-likeness (QED) is 0.768. The van der Waals surface area contributed by atoms with Crippen LogP contribution in [0.2, 0.25) is 5.02 Å². The van der Waals surface area contributed by atoms with E-state index >= 15 is 0 Å². The minimum atomic E-state index is -0.612. The maximum Gasteiger partial charge on any atom is 0.250 e. The highest BCUT2D eigenvalue weighted by Crippen LogP contribution is 2.21. The summed E-state index contributed by atoms with van der Waals surface area (Å²) in [5.74, 6) is -0.809. The van der Waals surface area contributed by atoms with E-state index in [1.807, 2.05) is 13.8 Å². The number of anilines is 1. The third kappa shape index (κ3) is 3.94. The lowest BCUT2D eigenvalue weighted by Gasteiger charge is -2.17. The molecule has 1 aromatic rings. The first-order valence-corrected chi connectivity index (χ1v) is 6.40. The molecule has 1 aromatic carbocycles. The molecule has 0 aliphatic carbocycles. The zero-order valence-electron chi connectivity index (χ0n) is 10.9. The fourth-order valence-electron chi connectivity index (χ4n) is 1.53. The molecule has 0 saturated carbocycles. The smallest absolute Gasteiger partial charge is 0.250 e. The molecular weight excluding hydrogens is 266 g/mol. The number of nitrogens with one attached hydrogen (secondary N) is 1. The number of carbonyl (C=O) groups is 2. The van der Waals surface area contributed by atoms with Crippen molar-refractivity contribution in [2.45, 2.75) is 26.3 Å². The number of amides is 2. The predicted molar refractivity (Wildman–Crippen MR) is 76.0 cm³/mol. The molecule has 0 heterocycles. The first-order chi connectivity index (χ1) is 8.86. The van der Waals surface area contributed by atoms with Gasteiger partial charge in [-0.1, -0.05) is 31.9 Å². The van der Waals surface area contributed by atoms with Crippen LogP contribution in [-0.2, 0) is 4.79 Å². The molecule has 0 fully saturated rings. The van der Waals surface area contributed by atoms with Crippen molar-refractivity contribution in [3.05, 3.63) is 28.8 Å². The van der Waals surface area contributed by atoms with Crippen LogP contribution in [-0.4, -0.2) is 17.9 Å². The van der Waals surface area contributed by atoms with E-state index in [0.717, 1.165) is 6.42 Å². The van der Waals surface area contributed by atoms with Gasteiger partial charge in [-0.2, -0.15) is 0 Å². The van der Waals surface area contributed by atoms with E-state index in [0.29, 0.717) is 5.69 Å². The average molecular weight is 284 g/mol. The summed E-state index contributed by atoms with van der Waals surface area (Å²) in [7, 11) is 0. The van der Waals surface area contributed by atoms with Gasteiger partial charge in [-0.15, -0.1) is 0 Å². The monoisotopic (exact) mass is 283 g/mol. The SMILES string of the molecule is CC[C@H](C)[C@H](N)C(=O)Nc1ccc(C(N)=O)c(Cl)c1. The third-order valence-corrected chi connectivity index (χ3v) is 3.37. The van der Waals surface area contributed by atoms with Crippen LogP contribution < -0.4 is 16.8 Å². The summed E-state index contributed by atoms with van der Waals surface area (Å²) in [5.41, 5.74) is 11.7. The Bertz CT molecular complexity index is 491. The Kier molecular flexibility index (Phi) is 5.32. The van der Waals surface area contributed by atoms with Crippen LogP contribution in [0.25, 0.3) is 0 Å². The minimum Gasteiger partial charge on any atom is -0.366 e. The van der Waals surface area contributed by atoms with Crippen LogP contribution in [0, 0.1) is 5.92 Å². The molecule has 2 amide bonds. The Morgan fingerprint density at radius 1 is 1.42 bits per heavy atom. The number of halogens is 1. The van der Waals surface area contributed by atoms with E-state index in [9.17, 15) is 9.59 Å². The van der Waals surface area contributed by atoms with Gasteiger partial charge in [0, 0.05) is 5.69 Å². The molecule has 0 aromatic heterocycles. The van der Waals surface area contributed by atoms with E-state index in [1.165, 1.54) is 12.1 Å². The summed E-state index contributed by atoms with van der Waals surface area (Å²) in [6, 6.07) is 3.92. The molecule has 0 aliphatic heterocycles. The summed E-state index contributed by atoms with van der Waals surface area (Å²) < 4.78 is 0. The molecule has 19 heavy (non-hydrogen) atoms. The molecule has 0 unspecified atom stereocenters. The van der Waals surface area contributed by atoms with E-state index in [2.05, 4.69) is 5.32 Å². The lowest BCUT2D eigenvalue weighted by molar-refractivity contribution is -0.118. The van der Waals surface area contributed by atoms with E-state index in [4.69, 9.17) is 23.1 Å². The topological polar surface area (TPSA) is 98.2 Å². The van der Waals surface area contributed by atoms with E-state index < -0.39 is 11.9 Å². The third-order valence-electron chi connectivity index (χ3n) is 3.06. The van der Waals surface area contributed by atoms with Crippen molar-refractivity contribution in [2.24, 2.45) is 17.4 Å². The van der Waals surface area contributed by atoms with Crippen LogP contribution >= 0.6 is 11.6 Å². The number of primary amides is 1. The Balaban J connectivity index is 2.81. The van der Waals surface area contributed by atoms with Gasteiger partial charge in [-0.05, 0) is 24.1 Å². The summed E-state index contributed by atoms with van der Waals surface area (Å²) in [6.45, 7) is 3.88. The Morgan fingerprint density at radius 2 is 2.05 bits per heavy atom. The van der Waals surface area contributed by atoms with Gasteiger partial charge in [0.15, 0.2) is 0 Å². The van der Waals surface area contributed by atoms with Crippen molar-refractivity contribution in [1.29, 1.82) is 0 Å². The number of rotatable bonds is 5. The summed E-state index contributed by atoms with van der Waals surface area (Å²) in [4.78, 5) is 22.9. The molecule has 6 heteroatoms. The molecule has 0 aliphatic rings. The molecule has 0 radical (unpaired) electrons. The molecule has 1 rings (SSSR count). The molecule has 2 atom stereocenters. The zero-order chi connectivity index (χ0) is 14.6. The highest BCUT2D eigenvalue weighted by Gasteiger charge is 2.19. The molecule has 104 valence electrons. The van der Waals surface area contributed by atoms with Crippen LogP contribution in [0.3, 0.4) is 0 Å². The van der Waals surface area contributed by atoms with Crippen molar-refractivity contribution in [3.8, 4) is 0 Å². The molecular formula is C13H18ClN3O2. The molecule has 0 saturated heterocycles. The van der Waals surface area contributed by atoms with Gasteiger partial charge in [-0.25, -0.2) is 0 Å². The van der Waals surface area contributed by atoms with E-state index in [1.54, 1.807) is 6.07 Å². The first kappa shape index (κ1) is 15.5. The fraction of sp³-hybridized carbons (Fsp3) is 0.385. The Labute approximate surface area is 117 Å². The van der Waals surface area contributed by atoms with Gasteiger partial charge in [0.05, 0.1) is 16.6 Å². The van der Waals surface area contributed by atoms with Crippen molar-refractivity contribution < 1.29 is 9.59 Å². The van der Waals surface area contributed by atoms with Crippen LogP contribution in [0.15, 0.2) is 18.2 Å². The number of carbonyl (C=O) groups excluding carboxylic acids is 2. The molecule has 0 bridgehead atoms. The van der Waals surface area contributed by atoms with Crippen molar-refractivity contribution in [2.75, 3.05) is 5.32 Å². The normalized spacial score (nSPS) is 13.7. The van der Waals surface area contributed by atoms with Gasteiger partial charge in [0.2, 0.25) is 11.8 Å². The largest absolute Gasteiger partial charge is 0.366 e. The van der Waals surface area contributed by atoms with Crippen LogP contribution in [0.5, 0.6) is 0 Å². The zero-order valence-corrected chi connectivity index (χ0v) is 11.7. The molecule has 0 spiro atoms. The lowest BCUT2D eigenvalue weighted by Crippen LogP contribution is -2.40.